The van der Waals surface area contributed by atoms with E-state index in [2.05, 4.69) is 41.2 Å². The van der Waals surface area contributed by atoms with E-state index in [4.69, 9.17) is 9.73 Å². The van der Waals surface area contributed by atoms with Crippen LogP contribution in [-0.4, -0.2) is 87.4 Å². The molecule has 0 spiro atoms. The van der Waals surface area contributed by atoms with Crippen molar-refractivity contribution < 1.29 is 4.74 Å². The van der Waals surface area contributed by atoms with Crippen LogP contribution in [0, 0.1) is 5.92 Å². The fourth-order valence-corrected chi connectivity index (χ4v) is 3.65. The summed E-state index contributed by atoms with van der Waals surface area (Å²) >= 11 is 0. The van der Waals surface area contributed by atoms with E-state index < -0.39 is 0 Å². The average Bonchev–Trinajstić information content (AvgIpc) is 2.67. The van der Waals surface area contributed by atoms with E-state index in [9.17, 15) is 0 Å². The molecule has 2 saturated heterocycles. The summed E-state index contributed by atoms with van der Waals surface area (Å²) in [5.74, 6) is 1.88. The number of likely N-dealkylation sites (tertiary alicyclic amines) is 1. The van der Waals surface area contributed by atoms with Crippen molar-refractivity contribution in [3.63, 3.8) is 0 Å². The zero-order valence-corrected chi connectivity index (χ0v) is 17.3. The maximum Gasteiger partial charge on any atom is 0.191 e. The molecule has 0 bridgehead atoms. The summed E-state index contributed by atoms with van der Waals surface area (Å²) in [6.07, 6.45) is 5.22. The molecule has 2 aliphatic rings. The maximum absolute atomic E-state index is 5.43. The van der Waals surface area contributed by atoms with Crippen molar-refractivity contribution in [3.8, 4) is 0 Å². The summed E-state index contributed by atoms with van der Waals surface area (Å²) in [4.78, 5) is 9.88. The van der Waals surface area contributed by atoms with Crippen molar-refractivity contribution in [2.75, 3.05) is 65.6 Å². The highest BCUT2D eigenvalue weighted by molar-refractivity contribution is 5.79. The Morgan fingerprint density at radius 1 is 1.12 bits per heavy atom. The number of piperidine rings is 1. The molecule has 2 rings (SSSR count). The van der Waals surface area contributed by atoms with Crippen molar-refractivity contribution in [2.45, 2.75) is 52.5 Å². The van der Waals surface area contributed by atoms with Crippen LogP contribution >= 0.6 is 0 Å². The smallest absolute Gasteiger partial charge is 0.191 e. The minimum Gasteiger partial charge on any atom is -0.379 e. The number of morpholine rings is 1. The molecular formula is C20H41N5O. The fourth-order valence-electron chi connectivity index (χ4n) is 3.65. The van der Waals surface area contributed by atoms with Gasteiger partial charge >= 0.3 is 0 Å². The molecule has 6 heteroatoms. The summed E-state index contributed by atoms with van der Waals surface area (Å²) in [7, 11) is 0. The third kappa shape index (κ3) is 8.23. The zero-order valence-electron chi connectivity index (χ0n) is 17.3. The van der Waals surface area contributed by atoms with Gasteiger partial charge in [0, 0.05) is 32.2 Å². The summed E-state index contributed by atoms with van der Waals surface area (Å²) in [6, 6.07) is 0.468. The van der Waals surface area contributed by atoms with Crippen LogP contribution in [0.4, 0.5) is 0 Å². The lowest BCUT2D eigenvalue weighted by Crippen LogP contribution is -2.44. The first-order valence-corrected chi connectivity index (χ1v) is 10.8. The molecule has 1 unspecified atom stereocenters. The van der Waals surface area contributed by atoms with E-state index in [0.717, 1.165) is 57.8 Å². The zero-order chi connectivity index (χ0) is 18.6. The van der Waals surface area contributed by atoms with Gasteiger partial charge in [0.25, 0.3) is 0 Å². The number of unbranched alkanes of at least 4 members (excludes halogenated alkanes) is 1. The van der Waals surface area contributed by atoms with E-state index >= 15 is 0 Å². The van der Waals surface area contributed by atoms with Crippen LogP contribution in [-0.2, 0) is 4.74 Å². The van der Waals surface area contributed by atoms with E-state index in [1.165, 1.54) is 45.3 Å². The number of nitrogens with one attached hydrogen (secondary N) is 2. The highest BCUT2D eigenvalue weighted by Crippen LogP contribution is 2.16. The molecule has 0 aromatic heterocycles. The second kappa shape index (κ2) is 12.5. The Bertz CT molecular complexity index is 390. The Hall–Kier alpha value is -0.850. The quantitative estimate of drug-likeness (QED) is 0.370. The molecule has 152 valence electrons. The second-order valence-electron chi connectivity index (χ2n) is 7.88. The van der Waals surface area contributed by atoms with Gasteiger partial charge in [-0.05, 0) is 65.1 Å². The summed E-state index contributed by atoms with van der Waals surface area (Å²) in [6.45, 7) is 17.1. The third-order valence-electron chi connectivity index (χ3n) is 5.60. The van der Waals surface area contributed by atoms with Gasteiger partial charge < -0.3 is 20.3 Å². The topological polar surface area (TPSA) is 52.1 Å². The summed E-state index contributed by atoms with van der Waals surface area (Å²) in [5.41, 5.74) is 0. The lowest BCUT2D eigenvalue weighted by atomic mass is 9.99. The number of nitrogens with zero attached hydrogens (tertiary/aromatic N) is 3. The molecule has 0 aromatic carbocycles. The number of aliphatic imine (C=N–C) groups is 1. The number of guanidine groups is 1. The predicted molar refractivity (Wildman–Crippen MR) is 110 cm³/mol. The molecular weight excluding hydrogens is 326 g/mol. The lowest BCUT2D eigenvalue weighted by molar-refractivity contribution is 0.0220. The van der Waals surface area contributed by atoms with Gasteiger partial charge in [0.1, 0.15) is 0 Å². The monoisotopic (exact) mass is 367 g/mol. The van der Waals surface area contributed by atoms with Gasteiger partial charge in [0.15, 0.2) is 5.96 Å². The van der Waals surface area contributed by atoms with Gasteiger partial charge in [-0.15, -0.1) is 0 Å². The standard InChI is InChI=1S/C20H41N5O/c1-4-21-20(23-17-19(3)25-13-15-26-16-14-25)22-9-5-6-10-24-11-7-18(2)8-12-24/h18-19H,4-17H2,1-3H3,(H2,21,22,23). The minimum atomic E-state index is 0.468. The fraction of sp³-hybridized carbons (Fsp3) is 0.950. The van der Waals surface area contributed by atoms with Crippen LogP contribution < -0.4 is 10.6 Å². The Labute approximate surface area is 160 Å². The van der Waals surface area contributed by atoms with E-state index in [1.54, 1.807) is 0 Å². The first kappa shape index (κ1) is 21.5. The van der Waals surface area contributed by atoms with Gasteiger partial charge in [0.05, 0.1) is 19.8 Å². The van der Waals surface area contributed by atoms with Crippen LogP contribution in [0.2, 0.25) is 0 Å². The van der Waals surface area contributed by atoms with Crippen LogP contribution in [0.25, 0.3) is 0 Å². The van der Waals surface area contributed by atoms with E-state index in [0.29, 0.717) is 6.04 Å². The van der Waals surface area contributed by atoms with Crippen molar-refractivity contribution >= 4 is 5.96 Å². The van der Waals surface area contributed by atoms with Gasteiger partial charge in [-0.25, -0.2) is 0 Å². The van der Waals surface area contributed by atoms with Gasteiger partial charge in [-0.3, -0.25) is 9.89 Å². The molecule has 26 heavy (non-hydrogen) atoms. The van der Waals surface area contributed by atoms with Crippen LogP contribution in [0.3, 0.4) is 0 Å². The van der Waals surface area contributed by atoms with E-state index in [-0.39, 0.29) is 0 Å². The molecule has 1 atom stereocenters. The predicted octanol–water partition coefficient (Wildman–Crippen LogP) is 1.77. The first-order chi connectivity index (χ1) is 12.7. The minimum absolute atomic E-state index is 0.468. The summed E-state index contributed by atoms with van der Waals surface area (Å²) in [5, 5.41) is 6.87. The van der Waals surface area contributed by atoms with Gasteiger partial charge in [-0.1, -0.05) is 6.92 Å². The maximum atomic E-state index is 5.43. The first-order valence-electron chi connectivity index (χ1n) is 10.8. The van der Waals surface area contributed by atoms with Crippen LogP contribution in [0.5, 0.6) is 0 Å². The van der Waals surface area contributed by atoms with Crippen molar-refractivity contribution in [1.82, 2.24) is 20.4 Å². The van der Waals surface area contributed by atoms with E-state index in [1.807, 2.05) is 0 Å². The highest BCUT2D eigenvalue weighted by atomic mass is 16.5. The Morgan fingerprint density at radius 3 is 2.54 bits per heavy atom. The van der Waals surface area contributed by atoms with Gasteiger partial charge in [-0.2, -0.15) is 0 Å². The molecule has 6 nitrogen and oxygen atoms in total. The molecule has 0 amide bonds. The highest BCUT2D eigenvalue weighted by Gasteiger charge is 2.17. The van der Waals surface area contributed by atoms with Crippen LogP contribution in [0.1, 0.15) is 46.5 Å². The normalized spacial score (nSPS) is 22.3. The lowest BCUT2D eigenvalue weighted by Gasteiger charge is -2.31. The third-order valence-corrected chi connectivity index (χ3v) is 5.60. The molecule has 0 aromatic rings. The largest absolute Gasteiger partial charge is 0.379 e. The number of hydrogen-bond donors (Lipinski definition) is 2. The molecule has 0 radical (unpaired) electrons. The number of rotatable bonds is 9. The SMILES string of the molecule is CCNC(=NCC(C)N1CCOCC1)NCCCCN1CCC(C)CC1. The Kier molecular flexibility index (Phi) is 10.3. The van der Waals surface area contributed by atoms with Crippen molar-refractivity contribution in [2.24, 2.45) is 10.9 Å². The number of ether oxygens (including phenoxy) is 1. The second-order valence-corrected chi connectivity index (χ2v) is 7.88. The van der Waals surface area contributed by atoms with Crippen LogP contribution in [0.15, 0.2) is 4.99 Å². The molecule has 0 saturated carbocycles. The molecule has 2 fully saturated rings. The molecule has 2 N–H and O–H groups in total. The summed E-state index contributed by atoms with van der Waals surface area (Å²) < 4.78 is 5.43. The molecule has 2 aliphatic heterocycles. The average molecular weight is 368 g/mol. The van der Waals surface area contributed by atoms with Crippen molar-refractivity contribution in [1.29, 1.82) is 0 Å². The molecule has 2 heterocycles. The molecule has 0 aliphatic carbocycles. The Balaban J connectivity index is 1.60. The van der Waals surface area contributed by atoms with Gasteiger partial charge in [0.2, 0.25) is 0 Å². The number of hydrogen-bond acceptors (Lipinski definition) is 4. The Morgan fingerprint density at radius 2 is 1.85 bits per heavy atom. The van der Waals surface area contributed by atoms with Crippen molar-refractivity contribution in [3.05, 3.63) is 0 Å².